The summed E-state index contributed by atoms with van der Waals surface area (Å²) in [4.78, 5) is 47.9. The van der Waals surface area contributed by atoms with E-state index >= 15 is 0 Å². The number of urea groups is 1. The number of aliphatic carboxylic acids is 1. The zero-order chi connectivity index (χ0) is 21.8. The van der Waals surface area contributed by atoms with Crippen LogP contribution in [0.2, 0.25) is 0 Å². The molecule has 3 rings (SSSR count). The quantitative estimate of drug-likeness (QED) is 0.399. The number of carbonyl (C=O) groups is 4. The molecule has 0 aliphatic carbocycles. The van der Waals surface area contributed by atoms with Crippen LogP contribution in [0.4, 0.5) is 4.79 Å². The molecule has 0 radical (unpaired) electrons. The molecule has 30 heavy (non-hydrogen) atoms. The van der Waals surface area contributed by atoms with Crippen LogP contribution in [0.5, 0.6) is 5.75 Å². The summed E-state index contributed by atoms with van der Waals surface area (Å²) in [6, 6.07) is 8.60. The van der Waals surface area contributed by atoms with Gasteiger partial charge in [0, 0.05) is 0 Å². The second-order valence-electron chi connectivity index (χ2n) is 6.30. The van der Waals surface area contributed by atoms with Crippen molar-refractivity contribution in [3.63, 3.8) is 0 Å². The number of furan rings is 1. The predicted octanol–water partition coefficient (Wildman–Crippen LogP) is 2.01. The maximum atomic E-state index is 12.6. The standard InChI is InChI=1S/C20H18N2O8/c1-11(18(24)25)29-13-5-3-12(4-6-13)9-15-17(23)22(20(27)21-15)10-14-7-8-16(30-14)19(26)28-2/h3-9,11H,10H2,1-2H3,(H,21,27)(H,24,25)/b15-9-/t11-/m1/s1. The number of nitrogens with one attached hydrogen (secondary N) is 1. The van der Waals surface area contributed by atoms with Gasteiger partial charge >= 0.3 is 18.0 Å². The van der Waals surface area contributed by atoms with Crippen molar-refractivity contribution >= 4 is 30.0 Å². The number of hydrogen-bond donors (Lipinski definition) is 2. The molecule has 2 heterocycles. The van der Waals surface area contributed by atoms with Crippen LogP contribution < -0.4 is 10.1 Å². The summed E-state index contributed by atoms with van der Waals surface area (Å²) < 4.78 is 15.1. The van der Waals surface area contributed by atoms with Crippen molar-refractivity contribution in [2.24, 2.45) is 0 Å². The number of benzene rings is 1. The van der Waals surface area contributed by atoms with Gasteiger partial charge in [0.1, 0.15) is 17.2 Å². The lowest BCUT2D eigenvalue weighted by Crippen LogP contribution is -2.30. The Morgan fingerprint density at radius 2 is 1.90 bits per heavy atom. The number of esters is 1. The van der Waals surface area contributed by atoms with Crippen molar-refractivity contribution in [1.82, 2.24) is 10.2 Å². The second-order valence-corrected chi connectivity index (χ2v) is 6.30. The van der Waals surface area contributed by atoms with Crippen LogP contribution in [0.1, 0.15) is 28.8 Å². The molecule has 3 amide bonds. The molecule has 1 fully saturated rings. The molecule has 156 valence electrons. The number of amides is 3. The summed E-state index contributed by atoms with van der Waals surface area (Å²) in [6.07, 6.45) is 0.479. The molecule has 0 unspecified atom stereocenters. The molecule has 1 aromatic carbocycles. The normalized spacial score (nSPS) is 15.8. The van der Waals surface area contributed by atoms with E-state index in [1.807, 2.05) is 0 Å². The summed E-state index contributed by atoms with van der Waals surface area (Å²) in [7, 11) is 1.21. The Labute approximate surface area is 170 Å². The topological polar surface area (TPSA) is 135 Å². The van der Waals surface area contributed by atoms with Crippen LogP contribution >= 0.6 is 0 Å². The SMILES string of the molecule is COC(=O)c1ccc(CN2C(=O)N/C(=C\c3ccc(O[C@H](C)C(=O)O)cc3)C2=O)o1. The summed E-state index contributed by atoms with van der Waals surface area (Å²) in [5, 5.41) is 11.3. The van der Waals surface area contributed by atoms with E-state index < -0.39 is 30.0 Å². The van der Waals surface area contributed by atoms with Gasteiger partial charge in [-0.1, -0.05) is 12.1 Å². The van der Waals surface area contributed by atoms with Gasteiger partial charge in [-0.15, -0.1) is 0 Å². The van der Waals surface area contributed by atoms with Crippen LogP contribution in [-0.2, 0) is 20.9 Å². The zero-order valence-electron chi connectivity index (χ0n) is 16.1. The molecule has 2 aromatic rings. The van der Waals surface area contributed by atoms with Gasteiger partial charge in [0.25, 0.3) is 5.91 Å². The Morgan fingerprint density at radius 3 is 2.53 bits per heavy atom. The average Bonchev–Trinajstić information content (AvgIpc) is 3.29. The van der Waals surface area contributed by atoms with Crippen LogP contribution in [-0.4, -0.2) is 47.1 Å². The zero-order valence-corrected chi connectivity index (χ0v) is 16.1. The Morgan fingerprint density at radius 1 is 1.20 bits per heavy atom. The minimum Gasteiger partial charge on any atom is -0.479 e. The van der Waals surface area contributed by atoms with E-state index in [1.54, 1.807) is 24.3 Å². The minimum atomic E-state index is -1.09. The number of carbonyl (C=O) groups excluding carboxylic acids is 3. The van der Waals surface area contributed by atoms with Crippen molar-refractivity contribution < 1.29 is 38.2 Å². The molecular formula is C20H18N2O8. The summed E-state index contributed by atoms with van der Waals surface area (Å²) >= 11 is 0. The lowest BCUT2D eigenvalue weighted by atomic mass is 10.2. The first-order valence-corrected chi connectivity index (χ1v) is 8.79. The number of methoxy groups -OCH3 is 1. The van der Waals surface area contributed by atoms with E-state index in [0.29, 0.717) is 11.3 Å². The Hall–Kier alpha value is -4.08. The number of hydrogen-bond acceptors (Lipinski definition) is 7. The van der Waals surface area contributed by atoms with E-state index in [2.05, 4.69) is 10.1 Å². The third-order valence-electron chi connectivity index (χ3n) is 4.18. The average molecular weight is 414 g/mol. The van der Waals surface area contributed by atoms with Crippen LogP contribution in [0, 0.1) is 0 Å². The molecule has 10 nitrogen and oxygen atoms in total. The minimum absolute atomic E-state index is 0.0326. The smallest absolute Gasteiger partial charge is 0.373 e. The van der Waals surface area contributed by atoms with Crippen LogP contribution in [0.25, 0.3) is 6.08 Å². The van der Waals surface area contributed by atoms with E-state index in [9.17, 15) is 19.2 Å². The highest BCUT2D eigenvalue weighted by molar-refractivity contribution is 6.13. The summed E-state index contributed by atoms with van der Waals surface area (Å²) in [5.74, 6) is -1.74. The highest BCUT2D eigenvalue weighted by Gasteiger charge is 2.34. The van der Waals surface area contributed by atoms with Gasteiger partial charge in [0.2, 0.25) is 5.76 Å². The molecule has 1 atom stereocenters. The van der Waals surface area contributed by atoms with Crippen molar-refractivity contribution in [2.75, 3.05) is 7.11 Å². The second kappa shape index (κ2) is 8.52. The highest BCUT2D eigenvalue weighted by Crippen LogP contribution is 2.20. The van der Waals surface area contributed by atoms with Gasteiger partial charge in [-0.3, -0.25) is 9.69 Å². The third kappa shape index (κ3) is 4.49. The fraction of sp³-hybridized carbons (Fsp3) is 0.200. The van der Waals surface area contributed by atoms with Gasteiger partial charge in [-0.05, 0) is 42.8 Å². The van der Waals surface area contributed by atoms with E-state index in [0.717, 1.165) is 4.90 Å². The van der Waals surface area contributed by atoms with Gasteiger partial charge < -0.3 is 24.3 Å². The largest absolute Gasteiger partial charge is 0.479 e. The van der Waals surface area contributed by atoms with Crippen molar-refractivity contribution in [1.29, 1.82) is 0 Å². The molecule has 0 spiro atoms. The molecule has 0 bridgehead atoms. The van der Waals surface area contributed by atoms with Crippen LogP contribution in [0.15, 0.2) is 46.5 Å². The highest BCUT2D eigenvalue weighted by atomic mass is 16.5. The number of imide groups is 1. The number of carboxylic acids is 1. The summed E-state index contributed by atoms with van der Waals surface area (Å²) in [5.41, 5.74) is 0.661. The van der Waals surface area contributed by atoms with Gasteiger partial charge in [-0.25, -0.2) is 14.4 Å². The first-order chi connectivity index (χ1) is 14.3. The van der Waals surface area contributed by atoms with E-state index in [1.165, 1.54) is 32.2 Å². The number of ether oxygens (including phenoxy) is 2. The van der Waals surface area contributed by atoms with E-state index in [4.69, 9.17) is 14.3 Å². The molecule has 0 saturated carbocycles. The van der Waals surface area contributed by atoms with E-state index in [-0.39, 0.29) is 23.8 Å². The lowest BCUT2D eigenvalue weighted by Gasteiger charge is -2.10. The van der Waals surface area contributed by atoms with Crippen molar-refractivity contribution in [3.05, 3.63) is 59.2 Å². The third-order valence-corrected chi connectivity index (χ3v) is 4.18. The van der Waals surface area contributed by atoms with Gasteiger partial charge in [-0.2, -0.15) is 0 Å². The fourth-order valence-electron chi connectivity index (χ4n) is 2.61. The molecule has 10 heteroatoms. The van der Waals surface area contributed by atoms with Gasteiger partial charge in [0.15, 0.2) is 6.10 Å². The van der Waals surface area contributed by atoms with Crippen LogP contribution in [0.3, 0.4) is 0 Å². The Balaban J connectivity index is 1.69. The molecule has 2 N–H and O–H groups in total. The first kappa shape index (κ1) is 20.6. The molecule has 1 saturated heterocycles. The van der Waals surface area contributed by atoms with Crippen molar-refractivity contribution in [2.45, 2.75) is 19.6 Å². The lowest BCUT2D eigenvalue weighted by molar-refractivity contribution is -0.144. The maximum Gasteiger partial charge on any atom is 0.373 e. The number of carboxylic acid groups (broad SMARTS) is 1. The number of nitrogens with zero attached hydrogens (tertiary/aromatic N) is 1. The summed E-state index contributed by atoms with van der Waals surface area (Å²) in [6.45, 7) is 1.26. The molecule has 1 aliphatic heterocycles. The monoisotopic (exact) mass is 414 g/mol. The Bertz CT molecular complexity index is 1020. The first-order valence-electron chi connectivity index (χ1n) is 8.79. The predicted molar refractivity (Wildman–Crippen MR) is 101 cm³/mol. The molecule has 1 aromatic heterocycles. The molecular weight excluding hydrogens is 396 g/mol. The van der Waals surface area contributed by atoms with Gasteiger partial charge in [0.05, 0.1) is 13.7 Å². The number of rotatable bonds is 7. The molecule has 1 aliphatic rings. The van der Waals surface area contributed by atoms with Crippen molar-refractivity contribution in [3.8, 4) is 5.75 Å². The maximum absolute atomic E-state index is 12.6. The Kier molecular flexibility index (Phi) is 5.86. The fourth-order valence-corrected chi connectivity index (χ4v) is 2.61.